The Morgan fingerprint density at radius 2 is 1.64 bits per heavy atom. The number of nitrogens with two attached hydrogens (primary N) is 1. The number of sulfonamides is 1. The molecule has 28 heavy (non-hydrogen) atoms. The third kappa shape index (κ3) is 4.23. The Balaban J connectivity index is 1.82. The van der Waals surface area contributed by atoms with Crippen LogP contribution < -0.4 is 15.8 Å². The number of aromatic nitrogens is 3. The number of nitrogens with zero attached hydrogens (tertiary/aromatic N) is 3. The van der Waals surface area contributed by atoms with Crippen LogP contribution in [0.4, 0.5) is 32.1 Å². The second-order valence-corrected chi connectivity index (χ2v) is 7.43. The molecule has 3 aromatic rings. The summed E-state index contributed by atoms with van der Waals surface area (Å²) in [5.74, 6) is -3.68. The maximum absolute atomic E-state index is 13.8. The fourth-order valence-corrected chi connectivity index (χ4v) is 2.86. The van der Waals surface area contributed by atoms with Crippen LogP contribution in [-0.2, 0) is 10.0 Å². The van der Waals surface area contributed by atoms with Crippen molar-refractivity contribution in [2.75, 3.05) is 22.0 Å². The summed E-state index contributed by atoms with van der Waals surface area (Å²) in [5.41, 5.74) is 5.63. The van der Waals surface area contributed by atoms with E-state index in [1.807, 2.05) is 0 Å². The molecule has 1 heterocycles. The Morgan fingerprint density at radius 3 is 2.21 bits per heavy atom. The van der Waals surface area contributed by atoms with Crippen molar-refractivity contribution in [2.45, 2.75) is 0 Å². The maximum Gasteiger partial charge on any atom is 0.287 e. The van der Waals surface area contributed by atoms with Crippen molar-refractivity contribution >= 4 is 39.2 Å². The average molecular weight is 408 g/mol. The van der Waals surface area contributed by atoms with Crippen LogP contribution in [0, 0.1) is 11.6 Å². The summed E-state index contributed by atoms with van der Waals surface area (Å²) in [6, 6.07) is 9.05. The quantitative estimate of drug-likeness (QED) is 0.588. The second-order valence-electron chi connectivity index (χ2n) is 5.68. The molecule has 0 saturated heterocycles. The van der Waals surface area contributed by atoms with Gasteiger partial charge in [-0.3, -0.25) is 9.52 Å². The first-order chi connectivity index (χ1) is 13.1. The van der Waals surface area contributed by atoms with Gasteiger partial charge in [-0.2, -0.15) is 9.67 Å². The number of benzene rings is 2. The smallest absolute Gasteiger partial charge is 0.287 e. The Hall–Kier alpha value is -3.54. The third-order valence-corrected chi connectivity index (χ3v) is 4.05. The summed E-state index contributed by atoms with van der Waals surface area (Å²) in [6.45, 7) is 0. The van der Waals surface area contributed by atoms with Gasteiger partial charge in [0, 0.05) is 11.4 Å². The summed E-state index contributed by atoms with van der Waals surface area (Å²) in [4.78, 5) is 16.2. The number of hydrogen-bond acceptors (Lipinski definition) is 7. The first kappa shape index (κ1) is 19.2. The van der Waals surface area contributed by atoms with Crippen LogP contribution in [0.3, 0.4) is 0 Å². The summed E-state index contributed by atoms with van der Waals surface area (Å²) >= 11 is 0. The summed E-state index contributed by atoms with van der Waals surface area (Å²) in [6.07, 6.45) is 1.02. The fourth-order valence-electron chi connectivity index (χ4n) is 2.30. The molecule has 0 aliphatic rings. The van der Waals surface area contributed by atoms with Gasteiger partial charge < -0.3 is 11.1 Å². The molecule has 0 aliphatic heterocycles. The summed E-state index contributed by atoms with van der Waals surface area (Å²) < 4.78 is 52.9. The third-order valence-electron chi connectivity index (χ3n) is 3.45. The van der Waals surface area contributed by atoms with Crippen LogP contribution in [0.1, 0.15) is 10.4 Å². The normalized spacial score (nSPS) is 11.2. The molecule has 3 rings (SSSR count). The minimum Gasteiger partial charge on any atom is -0.368 e. The Labute approximate surface area is 158 Å². The highest BCUT2D eigenvalue weighted by molar-refractivity contribution is 7.92. The van der Waals surface area contributed by atoms with Crippen LogP contribution in [0.5, 0.6) is 0 Å². The van der Waals surface area contributed by atoms with Gasteiger partial charge in [0.05, 0.1) is 6.26 Å². The molecule has 1 aromatic heterocycles. The molecule has 0 bridgehead atoms. The van der Waals surface area contributed by atoms with E-state index < -0.39 is 33.1 Å². The lowest BCUT2D eigenvalue weighted by atomic mass is 10.2. The number of carbonyl (C=O) groups is 1. The van der Waals surface area contributed by atoms with Crippen LogP contribution in [0.15, 0.2) is 42.5 Å². The minimum atomic E-state index is -3.41. The Morgan fingerprint density at radius 1 is 1.07 bits per heavy atom. The molecule has 4 N–H and O–H groups in total. The largest absolute Gasteiger partial charge is 0.368 e. The van der Waals surface area contributed by atoms with Gasteiger partial charge in [-0.15, -0.1) is 5.10 Å². The number of halogens is 2. The molecule has 0 unspecified atom stereocenters. The van der Waals surface area contributed by atoms with E-state index in [0.717, 1.165) is 24.5 Å². The van der Waals surface area contributed by atoms with Crippen LogP contribution in [0.25, 0.3) is 0 Å². The van der Waals surface area contributed by atoms with E-state index in [1.54, 1.807) is 0 Å². The van der Waals surface area contributed by atoms with E-state index in [-0.39, 0.29) is 11.9 Å². The van der Waals surface area contributed by atoms with E-state index in [2.05, 4.69) is 20.1 Å². The highest BCUT2D eigenvalue weighted by Crippen LogP contribution is 2.20. The van der Waals surface area contributed by atoms with Gasteiger partial charge in [-0.25, -0.2) is 17.2 Å². The van der Waals surface area contributed by atoms with Gasteiger partial charge in [-0.1, -0.05) is 6.07 Å². The summed E-state index contributed by atoms with van der Waals surface area (Å²) in [5, 5.41) is 6.57. The molecule has 0 atom stereocenters. The topological polar surface area (TPSA) is 132 Å². The van der Waals surface area contributed by atoms with Crippen LogP contribution in [0.2, 0.25) is 0 Å². The highest BCUT2D eigenvalue weighted by atomic mass is 32.2. The zero-order chi connectivity index (χ0) is 20.5. The molecule has 0 saturated carbocycles. The van der Waals surface area contributed by atoms with Crippen LogP contribution in [-0.4, -0.2) is 35.3 Å². The number of nitrogen functional groups attached to an aromatic ring is 1. The fraction of sp³-hybridized carbons (Fsp3) is 0.0625. The van der Waals surface area contributed by atoms with Crippen molar-refractivity contribution in [1.29, 1.82) is 0 Å². The van der Waals surface area contributed by atoms with Crippen molar-refractivity contribution in [1.82, 2.24) is 14.8 Å². The molecule has 9 nitrogen and oxygen atoms in total. The minimum absolute atomic E-state index is 0.0913. The predicted molar refractivity (Wildman–Crippen MR) is 98.7 cm³/mol. The van der Waals surface area contributed by atoms with Crippen molar-refractivity contribution < 1.29 is 22.0 Å². The van der Waals surface area contributed by atoms with E-state index in [0.29, 0.717) is 16.1 Å². The van der Waals surface area contributed by atoms with Crippen molar-refractivity contribution in [3.05, 3.63) is 59.7 Å². The van der Waals surface area contributed by atoms with Gasteiger partial charge in [0.25, 0.3) is 5.91 Å². The molecule has 146 valence electrons. The molecule has 0 fully saturated rings. The first-order valence-electron chi connectivity index (χ1n) is 7.70. The predicted octanol–water partition coefficient (Wildman–Crippen LogP) is 1.94. The molecule has 0 amide bonds. The first-order valence-corrected chi connectivity index (χ1v) is 9.59. The number of rotatable bonds is 5. The Kier molecular flexibility index (Phi) is 4.96. The standard InChI is InChI=1S/C16H14F2N6O3S/c1-28(26,27)23-10-7-5-9(6-8-10)20-16-21-15(19)24(22-16)14(25)13-11(17)3-2-4-12(13)18/h2-8,23H,1H3,(H3,19,20,21,22). The lowest BCUT2D eigenvalue weighted by Crippen LogP contribution is -2.19. The zero-order valence-electron chi connectivity index (χ0n) is 14.3. The van der Waals surface area contributed by atoms with Crippen LogP contribution >= 0.6 is 0 Å². The molecule has 2 aromatic carbocycles. The number of carbonyl (C=O) groups excluding carboxylic acids is 1. The molecular weight excluding hydrogens is 394 g/mol. The van der Waals surface area contributed by atoms with Crippen molar-refractivity contribution in [3.63, 3.8) is 0 Å². The van der Waals surface area contributed by atoms with Gasteiger partial charge in [0.2, 0.25) is 21.9 Å². The molecule has 0 aliphatic carbocycles. The lowest BCUT2D eigenvalue weighted by Gasteiger charge is -2.06. The molecular formula is C16H14F2N6O3S. The van der Waals surface area contributed by atoms with E-state index in [9.17, 15) is 22.0 Å². The maximum atomic E-state index is 13.8. The van der Waals surface area contributed by atoms with Gasteiger partial charge in [0.15, 0.2) is 0 Å². The molecule has 12 heteroatoms. The highest BCUT2D eigenvalue weighted by Gasteiger charge is 2.22. The number of anilines is 4. The lowest BCUT2D eigenvalue weighted by molar-refractivity contribution is 0.0939. The van der Waals surface area contributed by atoms with Crippen molar-refractivity contribution in [2.24, 2.45) is 0 Å². The SMILES string of the molecule is CS(=O)(=O)Nc1ccc(Nc2nc(N)n(C(=O)c3c(F)cccc3F)n2)cc1. The van der Waals surface area contributed by atoms with E-state index in [4.69, 9.17) is 5.73 Å². The average Bonchev–Trinajstić information content (AvgIpc) is 2.95. The second kappa shape index (κ2) is 7.23. The van der Waals surface area contributed by atoms with Gasteiger partial charge in [-0.05, 0) is 36.4 Å². The number of hydrogen-bond donors (Lipinski definition) is 3. The Bertz CT molecular complexity index is 1130. The zero-order valence-corrected chi connectivity index (χ0v) is 15.2. The van der Waals surface area contributed by atoms with E-state index >= 15 is 0 Å². The monoisotopic (exact) mass is 408 g/mol. The number of nitrogens with one attached hydrogen (secondary N) is 2. The molecule has 0 radical (unpaired) electrons. The summed E-state index contributed by atoms with van der Waals surface area (Å²) in [7, 11) is -3.41. The van der Waals surface area contributed by atoms with Gasteiger partial charge >= 0.3 is 0 Å². The molecule has 0 spiro atoms. The van der Waals surface area contributed by atoms with Crippen molar-refractivity contribution in [3.8, 4) is 0 Å². The van der Waals surface area contributed by atoms with Gasteiger partial charge in [0.1, 0.15) is 17.2 Å². The van der Waals surface area contributed by atoms with E-state index in [1.165, 1.54) is 24.3 Å².